The lowest BCUT2D eigenvalue weighted by Crippen LogP contribution is -2.43. The minimum absolute atomic E-state index is 0.0243. The number of carbonyl (C=O) groups is 3. The van der Waals surface area contributed by atoms with Gasteiger partial charge in [0.05, 0.1) is 26.9 Å². The van der Waals surface area contributed by atoms with Gasteiger partial charge in [0.1, 0.15) is 17.4 Å². The van der Waals surface area contributed by atoms with Gasteiger partial charge in [-0.2, -0.15) is 0 Å². The Balaban J connectivity index is 1.92. The SMILES string of the molecule is COC(=O)c1cccc(C(=O)N[C@@H](Cc2cc(=O)oc3cc(OC)ccc23)C(=O)OC)c1. The maximum absolute atomic E-state index is 12.8. The minimum atomic E-state index is -1.10. The molecule has 0 saturated carbocycles. The molecular formula is C23H21NO8. The van der Waals surface area contributed by atoms with Crippen molar-refractivity contribution in [2.75, 3.05) is 21.3 Å². The van der Waals surface area contributed by atoms with Crippen LogP contribution in [0.2, 0.25) is 0 Å². The number of benzene rings is 2. The summed E-state index contributed by atoms with van der Waals surface area (Å²) in [6.07, 6.45) is -0.0243. The Bertz CT molecular complexity index is 1230. The highest BCUT2D eigenvalue weighted by Crippen LogP contribution is 2.23. The molecule has 0 aliphatic carbocycles. The zero-order valence-electron chi connectivity index (χ0n) is 17.7. The van der Waals surface area contributed by atoms with Gasteiger partial charge in [0.15, 0.2) is 0 Å². The van der Waals surface area contributed by atoms with Crippen LogP contribution >= 0.6 is 0 Å². The van der Waals surface area contributed by atoms with Crippen molar-refractivity contribution in [3.05, 3.63) is 75.6 Å². The molecule has 2 aromatic carbocycles. The summed E-state index contributed by atoms with van der Waals surface area (Å²) in [6.45, 7) is 0. The Labute approximate surface area is 182 Å². The Kier molecular flexibility index (Phi) is 6.89. The summed E-state index contributed by atoms with van der Waals surface area (Å²) in [6, 6.07) is 11.0. The van der Waals surface area contributed by atoms with E-state index in [0.717, 1.165) is 0 Å². The average molecular weight is 439 g/mol. The molecular weight excluding hydrogens is 418 g/mol. The zero-order valence-corrected chi connectivity index (χ0v) is 17.7. The van der Waals surface area contributed by atoms with E-state index in [-0.39, 0.29) is 23.1 Å². The first-order chi connectivity index (χ1) is 15.4. The molecule has 1 amide bonds. The van der Waals surface area contributed by atoms with Crippen LogP contribution in [0.4, 0.5) is 0 Å². The second-order valence-corrected chi connectivity index (χ2v) is 6.78. The fraction of sp³-hybridized carbons (Fsp3) is 0.217. The summed E-state index contributed by atoms with van der Waals surface area (Å²) in [4.78, 5) is 48.9. The van der Waals surface area contributed by atoms with Crippen molar-refractivity contribution in [3.8, 4) is 5.75 Å². The minimum Gasteiger partial charge on any atom is -0.497 e. The first kappa shape index (κ1) is 22.5. The standard InChI is InChI=1S/C23H21NO8/c1-29-16-7-8-17-15(11-20(25)32-19(17)12-16)10-18(23(28)31-3)24-21(26)13-5-4-6-14(9-13)22(27)30-2/h4-9,11-12,18H,10H2,1-3H3,(H,24,26)/t18-/m0/s1. The van der Waals surface area contributed by atoms with Gasteiger partial charge in [-0.15, -0.1) is 0 Å². The number of carbonyl (C=O) groups excluding carboxylic acids is 3. The van der Waals surface area contributed by atoms with Gasteiger partial charge < -0.3 is 23.9 Å². The second-order valence-electron chi connectivity index (χ2n) is 6.78. The number of methoxy groups -OCH3 is 3. The van der Waals surface area contributed by atoms with E-state index in [1.54, 1.807) is 18.2 Å². The van der Waals surface area contributed by atoms with Crippen LogP contribution in [0, 0.1) is 0 Å². The molecule has 1 N–H and O–H groups in total. The Hall–Kier alpha value is -4.14. The van der Waals surface area contributed by atoms with E-state index >= 15 is 0 Å². The Morgan fingerprint density at radius 1 is 0.969 bits per heavy atom. The highest BCUT2D eigenvalue weighted by Gasteiger charge is 2.24. The largest absolute Gasteiger partial charge is 0.497 e. The molecule has 3 aromatic rings. The van der Waals surface area contributed by atoms with Crippen molar-refractivity contribution >= 4 is 28.8 Å². The van der Waals surface area contributed by atoms with Gasteiger partial charge >= 0.3 is 17.6 Å². The van der Waals surface area contributed by atoms with Crippen LogP contribution in [0.15, 0.2) is 57.7 Å². The van der Waals surface area contributed by atoms with Crippen molar-refractivity contribution in [2.45, 2.75) is 12.5 Å². The van der Waals surface area contributed by atoms with Crippen molar-refractivity contribution in [1.29, 1.82) is 0 Å². The molecule has 9 nitrogen and oxygen atoms in total. The van der Waals surface area contributed by atoms with Crippen LogP contribution in [-0.4, -0.2) is 45.2 Å². The molecule has 0 aliphatic heterocycles. The van der Waals surface area contributed by atoms with E-state index in [0.29, 0.717) is 16.7 Å². The lowest BCUT2D eigenvalue weighted by molar-refractivity contribution is -0.142. The van der Waals surface area contributed by atoms with Crippen LogP contribution < -0.4 is 15.7 Å². The van der Waals surface area contributed by atoms with Crippen LogP contribution in [0.1, 0.15) is 26.3 Å². The monoisotopic (exact) mass is 439 g/mol. The molecule has 0 aliphatic rings. The predicted octanol–water partition coefficient (Wildman–Crippen LogP) is 2.10. The average Bonchev–Trinajstić information content (AvgIpc) is 2.81. The molecule has 32 heavy (non-hydrogen) atoms. The maximum Gasteiger partial charge on any atom is 0.337 e. The van der Waals surface area contributed by atoms with E-state index in [4.69, 9.17) is 13.9 Å². The second kappa shape index (κ2) is 9.78. The molecule has 1 heterocycles. The number of ether oxygens (including phenoxy) is 3. The van der Waals surface area contributed by atoms with Crippen molar-refractivity contribution in [1.82, 2.24) is 5.32 Å². The Morgan fingerprint density at radius 3 is 2.41 bits per heavy atom. The number of nitrogens with one attached hydrogen (secondary N) is 1. The highest BCUT2D eigenvalue weighted by atomic mass is 16.5. The molecule has 0 spiro atoms. The van der Waals surface area contributed by atoms with Crippen LogP contribution in [-0.2, 0) is 20.7 Å². The number of rotatable bonds is 7. The third-order valence-electron chi connectivity index (χ3n) is 4.80. The summed E-state index contributed by atoms with van der Waals surface area (Å²) < 4.78 is 19.9. The number of hydrogen-bond donors (Lipinski definition) is 1. The van der Waals surface area contributed by atoms with Crippen molar-refractivity contribution in [3.63, 3.8) is 0 Å². The van der Waals surface area contributed by atoms with Gasteiger partial charge in [0.2, 0.25) is 0 Å². The van der Waals surface area contributed by atoms with Crippen molar-refractivity contribution in [2.24, 2.45) is 0 Å². The van der Waals surface area contributed by atoms with Gasteiger partial charge in [-0.05, 0) is 35.9 Å². The summed E-state index contributed by atoms with van der Waals surface area (Å²) in [7, 11) is 3.92. The van der Waals surface area contributed by atoms with Crippen LogP contribution in [0.3, 0.4) is 0 Å². The molecule has 0 unspecified atom stereocenters. The quantitative estimate of drug-likeness (QED) is 0.439. The number of hydrogen-bond acceptors (Lipinski definition) is 8. The molecule has 0 fully saturated rings. The molecule has 3 rings (SSSR count). The normalized spacial score (nSPS) is 11.5. The molecule has 1 atom stereocenters. The third-order valence-corrected chi connectivity index (χ3v) is 4.80. The summed E-state index contributed by atoms with van der Waals surface area (Å²) >= 11 is 0. The van der Waals surface area contributed by atoms with Gasteiger partial charge in [0, 0.05) is 29.5 Å². The van der Waals surface area contributed by atoms with Gasteiger partial charge in [0.25, 0.3) is 5.91 Å². The smallest absolute Gasteiger partial charge is 0.337 e. The maximum atomic E-state index is 12.8. The molecule has 9 heteroatoms. The number of amides is 1. The van der Waals surface area contributed by atoms with E-state index in [1.807, 2.05) is 0 Å². The Morgan fingerprint density at radius 2 is 1.72 bits per heavy atom. The molecule has 0 radical (unpaired) electrons. The van der Waals surface area contributed by atoms with Crippen molar-refractivity contribution < 1.29 is 33.0 Å². The summed E-state index contributed by atoms with van der Waals surface area (Å²) in [5.41, 5.74) is 0.506. The zero-order chi connectivity index (χ0) is 23.3. The number of fused-ring (bicyclic) bond motifs is 1. The van der Waals surface area contributed by atoms with E-state index in [2.05, 4.69) is 10.1 Å². The first-order valence-electron chi connectivity index (χ1n) is 9.54. The summed E-state index contributed by atoms with van der Waals surface area (Å²) in [5, 5.41) is 3.18. The van der Waals surface area contributed by atoms with Gasteiger partial charge in [-0.25, -0.2) is 14.4 Å². The third kappa shape index (κ3) is 4.94. The first-order valence-corrected chi connectivity index (χ1v) is 9.54. The van der Waals surface area contributed by atoms with Gasteiger partial charge in [-0.3, -0.25) is 4.79 Å². The molecule has 0 saturated heterocycles. The molecule has 0 bridgehead atoms. The van der Waals surface area contributed by atoms with E-state index < -0.39 is 29.5 Å². The topological polar surface area (TPSA) is 121 Å². The highest BCUT2D eigenvalue weighted by molar-refractivity contribution is 5.99. The lowest BCUT2D eigenvalue weighted by atomic mass is 10.0. The molecule has 1 aromatic heterocycles. The van der Waals surface area contributed by atoms with E-state index in [9.17, 15) is 19.2 Å². The fourth-order valence-electron chi connectivity index (χ4n) is 3.21. The van der Waals surface area contributed by atoms with Crippen LogP contribution in [0.25, 0.3) is 11.0 Å². The fourth-order valence-corrected chi connectivity index (χ4v) is 3.21. The predicted molar refractivity (Wildman–Crippen MR) is 114 cm³/mol. The van der Waals surface area contributed by atoms with E-state index in [1.165, 1.54) is 51.7 Å². The number of esters is 2. The molecule has 166 valence electrons. The van der Waals surface area contributed by atoms with Crippen LogP contribution in [0.5, 0.6) is 5.75 Å². The van der Waals surface area contributed by atoms with Gasteiger partial charge in [-0.1, -0.05) is 6.07 Å². The lowest BCUT2D eigenvalue weighted by Gasteiger charge is -2.17. The summed E-state index contributed by atoms with van der Waals surface area (Å²) in [5.74, 6) is -1.39.